The lowest BCUT2D eigenvalue weighted by Crippen LogP contribution is -1.98. The van der Waals surface area contributed by atoms with Crippen molar-refractivity contribution < 1.29 is 5.11 Å². The molecule has 98 valence electrons. The molecule has 0 atom stereocenters. The summed E-state index contributed by atoms with van der Waals surface area (Å²) in [4.78, 5) is 0. The van der Waals surface area contributed by atoms with Gasteiger partial charge in [0, 0.05) is 17.5 Å². The second kappa shape index (κ2) is 5.70. The van der Waals surface area contributed by atoms with E-state index in [-0.39, 0.29) is 6.61 Å². The molecular weight excluding hydrogens is 293 g/mol. The number of aromatic nitrogens is 1. The minimum atomic E-state index is -0.105. The highest BCUT2D eigenvalue weighted by atomic mass is 35.5. The summed E-state index contributed by atoms with van der Waals surface area (Å²) in [6, 6.07) is 3.58. The maximum absolute atomic E-state index is 9.44. The first kappa shape index (κ1) is 14.0. The minimum Gasteiger partial charge on any atom is -0.392 e. The van der Waals surface area contributed by atoms with Gasteiger partial charge in [-0.2, -0.15) is 0 Å². The van der Waals surface area contributed by atoms with Gasteiger partial charge in [0.15, 0.2) is 0 Å². The highest BCUT2D eigenvalue weighted by molar-refractivity contribution is 6.45. The molecule has 0 amide bonds. The molecule has 0 aliphatic carbocycles. The van der Waals surface area contributed by atoms with Gasteiger partial charge in [-0.1, -0.05) is 54.2 Å². The van der Waals surface area contributed by atoms with Gasteiger partial charge in [0.25, 0.3) is 0 Å². The molecule has 0 saturated heterocycles. The summed E-state index contributed by atoms with van der Waals surface area (Å²) >= 11 is 18.6. The van der Waals surface area contributed by atoms with E-state index in [1.54, 1.807) is 6.07 Å². The Morgan fingerprint density at radius 3 is 2.56 bits per heavy atom. The number of aryl methyl sites for hydroxylation is 1. The number of aliphatic hydroxyl groups is 1. The van der Waals surface area contributed by atoms with Gasteiger partial charge in [-0.15, -0.1) is 0 Å². The van der Waals surface area contributed by atoms with Gasteiger partial charge in [0.05, 0.1) is 22.2 Å². The fraction of sp³-hybridized carbons (Fsp3) is 0.385. The quantitative estimate of drug-likeness (QED) is 0.854. The number of nitrogens with zero attached hydrogens (tertiary/aromatic N) is 1. The van der Waals surface area contributed by atoms with Gasteiger partial charge >= 0.3 is 0 Å². The Morgan fingerprint density at radius 1 is 1.22 bits per heavy atom. The number of unbranched alkanes of at least 4 members (excludes halogenated alkanes) is 1. The first-order chi connectivity index (χ1) is 8.61. The molecule has 0 unspecified atom stereocenters. The Labute approximate surface area is 121 Å². The van der Waals surface area contributed by atoms with Crippen molar-refractivity contribution in [2.45, 2.75) is 32.9 Å². The van der Waals surface area contributed by atoms with E-state index in [0.717, 1.165) is 30.3 Å². The Kier molecular flexibility index (Phi) is 4.44. The van der Waals surface area contributed by atoms with Crippen molar-refractivity contribution in [3.05, 3.63) is 32.9 Å². The molecule has 1 heterocycles. The van der Waals surface area contributed by atoms with Crippen LogP contribution in [-0.4, -0.2) is 9.67 Å². The molecule has 18 heavy (non-hydrogen) atoms. The zero-order valence-corrected chi connectivity index (χ0v) is 12.3. The second-order valence-electron chi connectivity index (χ2n) is 4.19. The molecule has 1 N–H and O–H groups in total. The predicted octanol–water partition coefficient (Wildman–Crippen LogP) is 4.89. The fourth-order valence-corrected chi connectivity index (χ4v) is 2.85. The van der Waals surface area contributed by atoms with E-state index < -0.39 is 0 Å². The van der Waals surface area contributed by atoms with Gasteiger partial charge in [0.2, 0.25) is 0 Å². The second-order valence-corrected chi connectivity index (χ2v) is 5.33. The van der Waals surface area contributed by atoms with Crippen molar-refractivity contribution in [3.8, 4) is 0 Å². The number of aliphatic hydroxyl groups excluding tert-OH is 1. The molecular formula is C13H14Cl3NO. The number of benzene rings is 1. The average Bonchev–Trinajstić information content (AvgIpc) is 2.64. The molecule has 2 nitrogen and oxygen atoms in total. The van der Waals surface area contributed by atoms with E-state index in [1.165, 1.54) is 0 Å². The summed E-state index contributed by atoms with van der Waals surface area (Å²) in [5.41, 5.74) is 1.52. The lowest BCUT2D eigenvalue weighted by atomic mass is 10.2. The molecule has 0 radical (unpaired) electrons. The van der Waals surface area contributed by atoms with E-state index in [0.29, 0.717) is 20.8 Å². The molecule has 0 aliphatic heterocycles. The van der Waals surface area contributed by atoms with Crippen LogP contribution < -0.4 is 0 Å². The van der Waals surface area contributed by atoms with Crippen LogP contribution in [0.1, 0.15) is 25.3 Å². The highest BCUT2D eigenvalue weighted by Crippen LogP contribution is 2.38. The van der Waals surface area contributed by atoms with Crippen molar-refractivity contribution in [3.63, 3.8) is 0 Å². The zero-order valence-electron chi connectivity index (χ0n) is 10.0. The Morgan fingerprint density at radius 2 is 1.94 bits per heavy atom. The number of hydrogen-bond acceptors (Lipinski definition) is 1. The maximum Gasteiger partial charge on any atom is 0.115 e. The molecule has 1 aromatic heterocycles. The summed E-state index contributed by atoms with van der Waals surface area (Å²) < 4.78 is 1.93. The van der Waals surface area contributed by atoms with Crippen LogP contribution in [0.15, 0.2) is 12.1 Å². The van der Waals surface area contributed by atoms with Crippen molar-refractivity contribution >= 4 is 45.7 Å². The average molecular weight is 307 g/mol. The Hall–Kier alpha value is -0.410. The number of hydrogen-bond donors (Lipinski definition) is 1. The summed E-state index contributed by atoms with van der Waals surface area (Å²) in [6.45, 7) is 2.78. The van der Waals surface area contributed by atoms with Crippen LogP contribution in [0.3, 0.4) is 0 Å². The zero-order chi connectivity index (χ0) is 13.3. The molecule has 5 heteroatoms. The summed E-state index contributed by atoms with van der Waals surface area (Å²) in [6.07, 6.45) is 2.06. The molecule has 2 aromatic rings. The molecule has 0 saturated carbocycles. The molecule has 0 fully saturated rings. The third-order valence-corrected chi connectivity index (χ3v) is 4.27. The topological polar surface area (TPSA) is 25.2 Å². The van der Waals surface area contributed by atoms with Crippen LogP contribution in [0.4, 0.5) is 0 Å². The van der Waals surface area contributed by atoms with Crippen LogP contribution in [0.5, 0.6) is 0 Å². The van der Waals surface area contributed by atoms with Crippen LogP contribution in [0.2, 0.25) is 15.2 Å². The lowest BCUT2D eigenvalue weighted by molar-refractivity contribution is 0.283. The normalized spacial score (nSPS) is 11.4. The van der Waals surface area contributed by atoms with Gasteiger partial charge in [0.1, 0.15) is 5.15 Å². The van der Waals surface area contributed by atoms with Crippen LogP contribution in [0, 0.1) is 0 Å². The third kappa shape index (κ3) is 2.23. The van der Waals surface area contributed by atoms with E-state index in [2.05, 4.69) is 6.92 Å². The van der Waals surface area contributed by atoms with Crippen molar-refractivity contribution in [2.75, 3.05) is 0 Å². The van der Waals surface area contributed by atoms with Gasteiger partial charge < -0.3 is 9.67 Å². The van der Waals surface area contributed by atoms with E-state index in [9.17, 15) is 5.11 Å². The van der Waals surface area contributed by atoms with Crippen LogP contribution >= 0.6 is 34.8 Å². The number of fused-ring (bicyclic) bond motifs is 1. The lowest BCUT2D eigenvalue weighted by Gasteiger charge is -2.08. The molecule has 0 spiro atoms. The first-order valence-corrected chi connectivity index (χ1v) is 7.00. The smallest absolute Gasteiger partial charge is 0.115 e. The molecule has 0 bridgehead atoms. The van der Waals surface area contributed by atoms with Crippen molar-refractivity contribution in [1.29, 1.82) is 0 Å². The Bertz CT molecular complexity index is 577. The van der Waals surface area contributed by atoms with Crippen molar-refractivity contribution in [1.82, 2.24) is 4.57 Å². The summed E-state index contributed by atoms with van der Waals surface area (Å²) in [7, 11) is 0. The van der Waals surface area contributed by atoms with Gasteiger partial charge in [-0.3, -0.25) is 0 Å². The van der Waals surface area contributed by atoms with E-state index in [4.69, 9.17) is 34.8 Å². The SMILES string of the molecule is CCCCn1c(Cl)c(CO)c2ccc(Cl)c(Cl)c21. The van der Waals surface area contributed by atoms with E-state index in [1.807, 2.05) is 10.6 Å². The monoisotopic (exact) mass is 305 g/mol. The minimum absolute atomic E-state index is 0.105. The molecule has 0 aliphatic rings. The molecule has 1 aromatic carbocycles. The van der Waals surface area contributed by atoms with E-state index >= 15 is 0 Å². The number of rotatable bonds is 4. The third-order valence-electron chi connectivity index (χ3n) is 3.04. The molecule has 2 rings (SSSR count). The highest BCUT2D eigenvalue weighted by Gasteiger charge is 2.18. The largest absolute Gasteiger partial charge is 0.392 e. The first-order valence-electron chi connectivity index (χ1n) is 5.87. The standard InChI is InChI=1S/C13H14Cl3NO/c1-2-3-6-17-12-8(9(7-18)13(17)16)4-5-10(14)11(12)15/h4-5,18H,2-3,6-7H2,1H3. The Balaban J connectivity index is 2.73. The number of halogens is 3. The predicted molar refractivity (Wildman–Crippen MR) is 77.8 cm³/mol. The van der Waals surface area contributed by atoms with Crippen LogP contribution in [-0.2, 0) is 13.2 Å². The maximum atomic E-state index is 9.44. The summed E-state index contributed by atoms with van der Waals surface area (Å²) in [5.74, 6) is 0. The fourth-order valence-electron chi connectivity index (χ4n) is 2.10. The van der Waals surface area contributed by atoms with Gasteiger partial charge in [-0.05, 0) is 12.5 Å². The van der Waals surface area contributed by atoms with Crippen LogP contribution in [0.25, 0.3) is 10.9 Å². The van der Waals surface area contributed by atoms with Gasteiger partial charge in [-0.25, -0.2) is 0 Å². The summed E-state index contributed by atoms with van der Waals surface area (Å²) in [5, 5.41) is 11.8. The van der Waals surface area contributed by atoms with Crippen molar-refractivity contribution in [2.24, 2.45) is 0 Å².